The fraction of sp³-hybridized carbons (Fsp3) is 0.643. The van der Waals surface area contributed by atoms with Gasteiger partial charge in [0.2, 0.25) is 5.91 Å². The van der Waals surface area contributed by atoms with Crippen LogP contribution in [0.15, 0.2) is 6.20 Å². The van der Waals surface area contributed by atoms with Gasteiger partial charge < -0.3 is 15.2 Å². The topological polar surface area (TPSA) is 81.2 Å². The summed E-state index contributed by atoms with van der Waals surface area (Å²) >= 11 is 0. The van der Waals surface area contributed by atoms with Crippen LogP contribution in [0.2, 0.25) is 0 Å². The van der Waals surface area contributed by atoms with Crippen LogP contribution in [0.5, 0.6) is 0 Å². The first-order valence-electron chi connectivity index (χ1n) is 7.30. The van der Waals surface area contributed by atoms with Gasteiger partial charge in [-0.1, -0.05) is 0 Å². The monoisotopic (exact) mass is 276 g/mol. The lowest BCUT2D eigenvalue weighted by Crippen LogP contribution is -2.42. The SMILES string of the molecule is NC(=O)C1CCN(C(=O)c2cnc3n2CCCC3)CC1. The third-order valence-corrected chi connectivity index (χ3v) is 4.37. The quantitative estimate of drug-likeness (QED) is 0.856. The molecule has 0 saturated carbocycles. The molecule has 0 atom stereocenters. The van der Waals surface area contributed by atoms with E-state index in [2.05, 4.69) is 4.98 Å². The first-order chi connectivity index (χ1) is 9.66. The molecule has 108 valence electrons. The van der Waals surface area contributed by atoms with Gasteiger partial charge in [-0.3, -0.25) is 9.59 Å². The van der Waals surface area contributed by atoms with Gasteiger partial charge in [0, 0.05) is 32.0 Å². The Bertz CT molecular complexity index is 529. The number of primary amides is 1. The molecule has 3 rings (SSSR count). The summed E-state index contributed by atoms with van der Waals surface area (Å²) in [4.78, 5) is 29.9. The summed E-state index contributed by atoms with van der Waals surface area (Å²) in [5.74, 6) is 0.720. The van der Waals surface area contributed by atoms with Crippen molar-refractivity contribution in [3.8, 4) is 0 Å². The minimum absolute atomic E-state index is 0.0357. The number of carbonyl (C=O) groups is 2. The Morgan fingerprint density at radius 3 is 2.65 bits per heavy atom. The van der Waals surface area contributed by atoms with Gasteiger partial charge >= 0.3 is 0 Å². The Kier molecular flexibility index (Phi) is 3.46. The number of fused-ring (bicyclic) bond motifs is 1. The molecule has 0 radical (unpaired) electrons. The van der Waals surface area contributed by atoms with E-state index in [1.165, 1.54) is 0 Å². The zero-order valence-corrected chi connectivity index (χ0v) is 11.5. The number of imidazole rings is 1. The number of rotatable bonds is 2. The molecule has 0 aromatic carbocycles. The van der Waals surface area contributed by atoms with E-state index in [0.29, 0.717) is 31.6 Å². The molecule has 0 bridgehead atoms. The zero-order valence-electron chi connectivity index (χ0n) is 11.5. The predicted molar refractivity (Wildman–Crippen MR) is 73.0 cm³/mol. The average Bonchev–Trinajstić information content (AvgIpc) is 2.90. The molecule has 0 aliphatic carbocycles. The lowest BCUT2D eigenvalue weighted by molar-refractivity contribution is -0.123. The van der Waals surface area contributed by atoms with Gasteiger partial charge in [-0.2, -0.15) is 0 Å². The van der Waals surface area contributed by atoms with Crippen LogP contribution >= 0.6 is 0 Å². The van der Waals surface area contributed by atoms with Crippen molar-refractivity contribution in [3.63, 3.8) is 0 Å². The standard InChI is InChI=1S/C14H20N4O2/c15-13(19)10-4-7-17(8-5-10)14(20)11-9-16-12-3-1-2-6-18(11)12/h9-10H,1-8H2,(H2,15,19). The van der Waals surface area contributed by atoms with Crippen molar-refractivity contribution in [3.05, 3.63) is 17.7 Å². The summed E-state index contributed by atoms with van der Waals surface area (Å²) in [5, 5.41) is 0. The maximum Gasteiger partial charge on any atom is 0.272 e. The minimum Gasteiger partial charge on any atom is -0.369 e. The molecule has 2 aliphatic rings. The van der Waals surface area contributed by atoms with Gasteiger partial charge in [0.1, 0.15) is 11.5 Å². The van der Waals surface area contributed by atoms with E-state index in [1.807, 2.05) is 9.47 Å². The van der Waals surface area contributed by atoms with Crippen molar-refractivity contribution in [2.24, 2.45) is 11.7 Å². The second kappa shape index (κ2) is 5.26. The summed E-state index contributed by atoms with van der Waals surface area (Å²) in [6.45, 7) is 2.09. The van der Waals surface area contributed by atoms with Crippen molar-refractivity contribution in [1.29, 1.82) is 0 Å². The molecule has 0 unspecified atom stereocenters. The molecule has 2 N–H and O–H groups in total. The second-order valence-electron chi connectivity index (χ2n) is 5.64. The lowest BCUT2D eigenvalue weighted by atomic mass is 9.96. The van der Waals surface area contributed by atoms with Gasteiger partial charge in [0.25, 0.3) is 5.91 Å². The first-order valence-corrected chi connectivity index (χ1v) is 7.30. The highest BCUT2D eigenvalue weighted by molar-refractivity contribution is 5.92. The average molecular weight is 276 g/mol. The van der Waals surface area contributed by atoms with Crippen LogP contribution in [0, 0.1) is 5.92 Å². The molecule has 1 aromatic rings. The van der Waals surface area contributed by atoms with Crippen LogP contribution < -0.4 is 5.73 Å². The molecule has 3 heterocycles. The second-order valence-corrected chi connectivity index (χ2v) is 5.64. The van der Waals surface area contributed by atoms with Crippen LogP contribution in [0.25, 0.3) is 0 Å². The number of likely N-dealkylation sites (tertiary alicyclic amines) is 1. The first kappa shape index (κ1) is 13.1. The van der Waals surface area contributed by atoms with Crippen molar-refractivity contribution in [2.75, 3.05) is 13.1 Å². The fourth-order valence-electron chi connectivity index (χ4n) is 3.12. The normalized spacial score (nSPS) is 19.7. The molecule has 2 aliphatic heterocycles. The Labute approximate surface area is 117 Å². The van der Waals surface area contributed by atoms with Gasteiger partial charge in [-0.05, 0) is 25.7 Å². The summed E-state index contributed by atoms with van der Waals surface area (Å²) in [6, 6.07) is 0. The van der Waals surface area contributed by atoms with E-state index in [-0.39, 0.29) is 17.7 Å². The van der Waals surface area contributed by atoms with E-state index in [1.54, 1.807) is 6.20 Å². The molecule has 6 nitrogen and oxygen atoms in total. The lowest BCUT2D eigenvalue weighted by Gasteiger charge is -2.31. The number of piperidine rings is 1. The number of aromatic nitrogens is 2. The molecule has 1 fully saturated rings. The Morgan fingerprint density at radius 1 is 1.20 bits per heavy atom. The van der Waals surface area contributed by atoms with Crippen LogP contribution in [0.1, 0.15) is 42.0 Å². The highest BCUT2D eigenvalue weighted by atomic mass is 16.2. The van der Waals surface area contributed by atoms with Crippen molar-refractivity contribution < 1.29 is 9.59 Å². The van der Waals surface area contributed by atoms with Crippen LogP contribution in [-0.2, 0) is 17.8 Å². The van der Waals surface area contributed by atoms with Gasteiger partial charge in [0.05, 0.1) is 6.20 Å². The summed E-state index contributed by atoms with van der Waals surface area (Å²) < 4.78 is 2.05. The molecular weight excluding hydrogens is 256 g/mol. The van der Waals surface area contributed by atoms with E-state index < -0.39 is 0 Å². The number of aryl methyl sites for hydroxylation is 1. The van der Waals surface area contributed by atoms with E-state index in [9.17, 15) is 9.59 Å². The Morgan fingerprint density at radius 2 is 1.95 bits per heavy atom. The molecule has 20 heavy (non-hydrogen) atoms. The molecule has 2 amide bonds. The summed E-state index contributed by atoms with van der Waals surface area (Å²) in [5.41, 5.74) is 6.01. The van der Waals surface area contributed by atoms with Crippen molar-refractivity contribution >= 4 is 11.8 Å². The largest absolute Gasteiger partial charge is 0.369 e. The van der Waals surface area contributed by atoms with Gasteiger partial charge in [0.15, 0.2) is 0 Å². The smallest absolute Gasteiger partial charge is 0.272 e. The van der Waals surface area contributed by atoms with Crippen LogP contribution in [0.3, 0.4) is 0 Å². The van der Waals surface area contributed by atoms with E-state index >= 15 is 0 Å². The van der Waals surface area contributed by atoms with E-state index in [0.717, 1.165) is 31.6 Å². The summed E-state index contributed by atoms with van der Waals surface area (Å²) in [6.07, 6.45) is 6.24. The van der Waals surface area contributed by atoms with Crippen molar-refractivity contribution in [2.45, 2.75) is 38.6 Å². The fourth-order valence-corrected chi connectivity index (χ4v) is 3.12. The number of hydrogen-bond donors (Lipinski definition) is 1. The molecule has 0 spiro atoms. The minimum atomic E-state index is -0.251. The van der Waals surface area contributed by atoms with Crippen molar-refractivity contribution in [1.82, 2.24) is 14.5 Å². The number of hydrogen-bond acceptors (Lipinski definition) is 3. The van der Waals surface area contributed by atoms with Gasteiger partial charge in [-0.25, -0.2) is 4.98 Å². The third kappa shape index (κ3) is 2.30. The number of nitrogens with zero attached hydrogens (tertiary/aromatic N) is 3. The van der Waals surface area contributed by atoms with Crippen LogP contribution in [0.4, 0.5) is 0 Å². The molecule has 1 aromatic heterocycles. The highest BCUT2D eigenvalue weighted by Crippen LogP contribution is 2.21. The number of nitrogens with two attached hydrogens (primary N) is 1. The maximum atomic E-state index is 12.6. The zero-order chi connectivity index (χ0) is 14.1. The van der Waals surface area contributed by atoms with Gasteiger partial charge in [-0.15, -0.1) is 0 Å². The molecular formula is C14H20N4O2. The van der Waals surface area contributed by atoms with Crippen LogP contribution in [-0.4, -0.2) is 39.4 Å². The third-order valence-electron chi connectivity index (χ3n) is 4.37. The predicted octanol–water partition coefficient (Wildman–Crippen LogP) is 0.557. The van der Waals surface area contributed by atoms with E-state index in [4.69, 9.17) is 5.73 Å². The maximum absolute atomic E-state index is 12.6. The summed E-state index contributed by atoms with van der Waals surface area (Å²) in [7, 11) is 0. The Hall–Kier alpha value is -1.85. The highest BCUT2D eigenvalue weighted by Gasteiger charge is 2.29. The number of amides is 2. The molecule has 6 heteroatoms. The Balaban J connectivity index is 1.71. The number of carbonyl (C=O) groups excluding carboxylic acids is 2. The molecule has 1 saturated heterocycles.